The quantitative estimate of drug-likeness (QED) is 0.766. The number of nitrogens with zero attached hydrogens (tertiary/aromatic N) is 2. The molecule has 1 aromatic rings. The average Bonchev–Trinajstić information content (AvgIpc) is 2.65. The molecule has 1 heterocycles. The van der Waals surface area contributed by atoms with Crippen molar-refractivity contribution in [3.63, 3.8) is 0 Å². The summed E-state index contributed by atoms with van der Waals surface area (Å²) in [4.78, 5) is 8.10. The van der Waals surface area contributed by atoms with Gasteiger partial charge in [0.05, 0.1) is 13.2 Å². The molecule has 1 aliphatic carbocycles. The van der Waals surface area contributed by atoms with Gasteiger partial charge in [-0.15, -0.1) is 0 Å². The summed E-state index contributed by atoms with van der Waals surface area (Å²) in [6.45, 7) is 0. The number of methoxy groups -OCH3 is 1. The molecule has 0 radical (unpaired) electrons. The van der Waals surface area contributed by atoms with E-state index in [1.807, 2.05) is 0 Å². The summed E-state index contributed by atoms with van der Waals surface area (Å²) in [5.41, 5.74) is 1.10. The van der Waals surface area contributed by atoms with Crippen molar-refractivity contribution >= 4 is 0 Å². The monoisotopic (exact) mass is 194 g/mol. The van der Waals surface area contributed by atoms with Crippen LogP contribution in [0.2, 0.25) is 0 Å². The average molecular weight is 194 g/mol. The van der Waals surface area contributed by atoms with Crippen LogP contribution in [0.5, 0.6) is 6.01 Å². The van der Waals surface area contributed by atoms with Gasteiger partial charge in [0.1, 0.15) is 0 Å². The molecule has 4 heteroatoms. The third kappa shape index (κ3) is 1.85. The summed E-state index contributed by atoms with van der Waals surface area (Å²) in [6.07, 6.45) is 6.16. The maximum Gasteiger partial charge on any atom is 0.316 e. The third-order valence-corrected chi connectivity index (χ3v) is 2.71. The second kappa shape index (κ2) is 3.92. The Morgan fingerprint density at radius 2 is 2.07 bits per heavy atom. The van der Waals surface area contributed by atoms with E-state index in [1.165, 1.54) is 0 Å². The highest BCUT2D eigenvalue weighted by Crippen LogP contribution is 2.33. The van der Waals surface area contributed by atoms with E-state index < -0.39 is 0 Å². The van der Waals surface area contributed by atoms with Crippen LogP contribution >= 0.6 is 0 Å². The first kappa shape index (κ1) is 9.40. The molecule has 1 aliphatic rings. The van der Waals surface area contributed by atoms with Crippen LogP contribution in [-0.4, -0.2) is 28.3 Å². The van der Waals surface area contributed by atoms with E-state index in [9.17, 15) is 5.11 Å². The Hall–Kier alpha value is -1.16. The largest absolute Gasteiger partial charge is 0.467 e. The zero-order chi connectivity index (χ0) is 9.97. The molecule has 0 saturated heterocycles. The van der Waals surface area contributed by atoms with Gasteiger partial charge in [-0.2, -0.15) is 0 Å². The van der Waals surface area contributed by atoms with Gasteiger partial charge in [-0.3, -0.25) is 0 Å². The molecule has 2 rings (SSSR count). The van der Waals surface area contributed by atoms with Gasteiger partial charge >= 0.3 is 6.01 Å². The summed E-state index contributed by atoms with van der Waals surface area (Å²) in [5, 5.41) is 9.40. The Morgan fingerprint density at radius 3 is 2.57 bits per heavy atom. The van der Waals surface area contributed by atoms with Crippen molar-refractivity contribution in [2.75, 3.05) is 7.11 Å². The first-order valence-corrected chi connectivity index (χ1v) is 4.83. The van der Waals surface area contributed by atoms with Crippen molar-refractivity contribution in [1.82, 2.24) is 9.97 Å². The molecule has 0 amide bonds. The molecule has 1 N–H and O–H groups in total. The number of aliphatic hydroxyl groups is 1. The van der Waals surface area contributed by atoms with Gasteiger partial charge in [0, 0.05) is 12.4 Å². The Bertz CT molecular complexity index is 299. The second-order valence-corrected chi connectivity index (χ2v) is 3.67. The van der Waals surface area contributed by atoms with Crippen molar-refractivity contribution in [3.05, 3.63) is 18.0 Å². The van der Waals surface area contributed by atoms with Crippen LogP contribution in [0.1, 0.15) is 30.7 Å². The number of aliphatic hydroxyl groups excluding tert-OH is 1. The first-order valence-electron chi connectivity index (χ1n) is 4.83. The van der Waals surface area contributed by atoms with E-state index in [1.54, 1.807) is 19.5 Å². The van der Waals surface area contributed by atoms with Crippen LogP contribution in [0.15, 0.2) is 12.4 Å². The number of hydrogen-bond acceptors (Lipinski definition) is 4. The standard InChI is InChI=1S/C10H14N2O2/c1-14-10-11-5-8(6-12-10)7-2-3-9(13)4-7/h5-7,9,13H,2-4H2,1H3. The van der Waals surface area contributed by atoms with Crippen molar-refractivity contribution in [1.29, 1.82) is 0 Å². The smallest absolute Gasteiger partial charge is 0.316 e. The van der Waals surface area contributed by atoms with Crippen molar-refractivity contribution in [3.8, 4) is 6.01 Å². The van der Waals surface area contributed by atoms with Crippen LogP contribution < -0.4 is 4.74 Å². The van der Waals surface area contributed by atoms with Gasteiger partial charge in [-0.05, 0) is 30.7 Å². The first-order chi connectivity index (χ1) is 6.79. The van der Waals surface area contributed by atoms with Crippen molar-refractivity contribution < 1.29 is 9.84 Å². The third-order valence-electron chi connectivity index (χ3n) is 2.71. The Balaban J connectivity index is 2.09. The summed E-state index contributed by atoms with van der Waals surface area (Å²) in [6, 6.07) is 0.396. The van der Waals surface area contributed by atoms with Crippen LogP contribution in [0.4, 0.5) is 0 Å². The zero-order valence-corrected chi connectivity index (χ0v) is 8.18. The van der Waals surface area contributed by atoms with Gasteiger partial charge in [-0.25, -0.2) is 9.97 Å². The topological polar surface area (TPSA) is 55.2 Å². The Morgan fingerprint density at radius 1 is 1.36 bits per heavy atom. The molecule has 14 heavy (non-hydrogen) atoms. The van der Waals surface area contributed by atoms with Gasteiger partial charge < -0.3 is 9.84 Å². The predicted octanol–water partition coefficient (Wildman–Crippen LogP) is 1.11. The zero-order valence-electron chi connectivity index (χ0n) is 8.18. The maximum absolute atomic E-state index is 9.40. The number of hydrogen-bond donors (Lipinski definition) is 1. The summed E-state index contributed by atoms with van der Waals surface area (Å²) in [5.74, 6) is 0.413. The molecule has 0 aromatic carbocycles. The van der Waals surface area contributed by atoms with E-state index in [2.05, 4.69) is 9.97 Å². The number of aromatic nitrogens is 2. The molecular formula is C10H14N2O2. The Kier molecular flexibility index (Phi) is 2.63. The summed E-state index contributed by atoms with van der Waals surface area (Å²) in [7, 11) is 1.55. The normalized spacial score (nSPS) is 26.4. The van der Waals surface area contributed by atoms with Gasteiger partial charge in [-0.1, -0.05) is 0 Å². The molecule has 1 saturated carbocycles. The summed E-state index contributed by atoms with van der Waals surface area (Å²) < 4.78 is 4.88. The van der Waals surface area contributed by atoms with Crippen LogP contribution in [0, 0.1) is 0 Å². The fraction of sp³-hybridized carbons (Fsp3) is 0.600. The molecule has 1 fully saturated rings. The highest BCUT2D eigenvalue weighted by molar-refractivity contribution is 5.15. The molecule has 4 nitrogen and oxygen atoms in total. The minimum absolute atomic E-state index is 0.151. The van der Waals surface area contributed by atoms with E-state index in [0.29, 0.717) is 11.9 Å². The van der Waals surface area contributed by atoms with E-state index in [0.717, 1.165) is 24.8 Å². The van der Waals surface area contributed by atoms with E-state index in [4.69, 9.17) is 4.74 Å². The van der Waals surface area contributed by atoms with Crippen molar-refractivity contribution in [2.24, 2.45) is 0 Å². The fourth-order valence-corrected chi connectivity index (χ4v) is 1.90. The highest BCUT2D eigenvalue weighted by Gasteiger charge is 2.24. The van der Waals surface area contributed by atoms with Gasteiger partial charge in [0.25, 0.3) is 0 Å². The lowest BCUT2D eigenvalue weighted by molar-refractivity contribution is 0.181. The fourth-order valence-electron chi connectivity index (χ4n) is 1.90. The van der Waals surface area contributed by atoms with E-state index in [-0.39, 0.29) is 6.10 Å². The molecule has 0 spiro atoms. The molecule has 2 unspecified atom stereocenters. The lowest BCUT2D eigenvalue weighted by Crippen LogP contribution is -2.01. The lowest BCUT2D eigenvalue weighted by Gasteiger charge is -2.08. The highest BCUT2D eigenvalue weighted by atomic mass is 16.5. The molecule has 1 aromatic heterocycles. The maximum atomic E-state index is 9.40. The van der Waals surface area contributed by atoms with Crippen molar-refractivity contribution in [2.45, 2.75) is 31.3 Å². The lowest BCUT2D eigenvalue weighted by atomic mass is 10.0. The minimum atomic E-state index is -0.151. The SMILES string of the molecule is COc1ncc(C2CCC(O)C2)cn1. The molecule has 0 bridgehead atoms. The van der Waals surface area contributed by atoms with Crippen LogP contribution in [0.25, 0.3) is 0 Å². The molecular weight excluding hydrogens is 180 g/mol. The predicted molar refractivity (Wildman–Crippen MR) is 51.2 cm³/mol. The molecule has 76 valence electrons. The van der Waals surface area contributed by atoms with Gasteiger partial charge in [0.15, 0.2) is 0 Å². The summed E-state index contributed by atoms with van der Waals surface area (Å²) >= 11 is 0. The Labute approximate surface area is 83.0 Å². The minimum Gasteiger partial charge on any atom is -0.467 e. The second-order valence-electron chi connectivity index (χ2n) is 3.67. The van der Waals surface area contributed by atoms with Gasteiger partial charge in [0.2, 0.25) is 0 Å². The number of rotatable bonds is 2. The van der Waals surface area contributed by atoms with Crippen LogP contribution in [-0.2, 0) is 0 Å². The number of ether oxygens (including phenoxy) is 1. The van der Waals surface area contributed by atoms with E-state index >= 15 is 0 Å². The molecule has 2 atom stereocenters. The molecule has 0 aliphatic heterocycles. The van der Waals surface area contributed by atoms with Crippen LogP contribution in [0.3, 0.4) is 0 Å².